The van der Waals surface area contributed by atoms with Crippen LogP contribution in [0.25, 0.3) is 0 Å². The Kier molecular flexibility index (Phi) is 3.57. The molecular weight excluding hydrogens is 174 g/mol. The van der Waals surface area contributed by atoms with Crippen molar-refractivity contribution in [1.29, 1.82) is 0 Å². The molecule has 1 rings (SSSR count). The zero-order valence-corrected chi connectivity index (χ0v) is 9.00. The molecular formula is C12H17NO. The average molecular weight is 191 g/mol. The Balaban J connectivity index is 2.81. The van der Waals surface area contributed by atoms with E-state index in [1.165, 1.54) is 0 Å². The van der Waals surface area contributed by atoms with Crippen molar-refractivity contribution >= 4 is 5.69 Å². The first-order valence-electron chi connectivity index (χ1n) is 4.76. The first-order valence-corrected chi connectivity index (χ1v) is 4.76. The molecule has 0 spiro atoms. The normalized spacial score (nSPS) is 10.8. The number of rotatable bonds is 3. The van der Waals surface area contributed by atoms with Crippen LogP contribution in [0.2, 0.25) is 0 Å². The summed E-state index contributed by atoms with van der Waals surface area (Å²) in [5, 5.41) is 0. The molecule has 1 aromatic rings. The zero-order valence-electron chi connectivity index (χ0n) is 9.00. The van der Waals surface area contributed by atoms with Gasteiger partial charge in [0.15, 0.2) is 0 Å². The first-order chi connectivity index (χ1) is 6.65. The Morgan fingerprint density at radius 3 is 2.64 bits per heavy atom. The summed E-state index contributed by atoms with van der Waals surface area (Å²) in [5.74, 6) is 0.912. The van der Waals surface area contributed by atoms with Crippen LogP contribution < -0.4 is 10.5 Å². The Morgan fingerprint density at radius 2 is 2.00 bits per heavy atom. The van der Waals surface area contributed by atoms with Crippen molar-refractivity contribution in [3.8, 4) is 5.75 Å². The molecule has 0 aromatic heterocycles. The summed E-state index contributed by atoms with van der Waals surface area (Å²) < 4.78 is 5.57. The van der Waals surface area contributed by atoms with Crippen molar-refractivity contribution in [3.63, 3.8) is 0 Å². The molecule has 0 saturated heterocycles. The molecule has 2 N–H and O–H groups in total. The van der Waals surface area contributed by atoms with Crippen LogP contribution >= 0.6 is 0 Å². The highest BCUT2D eigenvalue weighted by atomic mass is 16.5. The highest BCUT2D eigenvalue weighted by Gasteiger charge is 2.01. The van der Waals surface area contributed by atoms with E-state index in [0.717, 1.165) is 22.6 Å². The average Bonchev–Trinajstić information content (AvgIpc) is 2.14. The lowest BCUT2D eigenvalue weighted by atomic mass is 10.1. The molecule has 0 saturated carbocycles. The summed E-state index contributed by atoms with van der Waals surface area (Å²) in [6.45, 7) is 6.57. The topological polar surface area (TPSA) is 35.2 Å². The number of nitrogens with two attached hydrogens (primary N) is 1. The second-order valence-electron chi connectivity index (χ2n) is 3.35. The van der Waals surface area contributed by atoms with Crippen LogP contribution in [0.4, 0.5) is 5.69 Å². The van der Waals surface area contributed by atoms with Crippen LogP contribution in [0.5, 0.6) is 5.75 Å². The van der Waals surface area contributed by atoms with Gasteiger partial charge < -0.3 is 10.5 Å². The van der Waals surface area contributed by atoms with Crippen LogP contribution in [-0.2, 0) is 0 Å². The number of allylic oxidation sites excluding steroid dienone is 1. The molecule has 0 bridgehead atoms. The van der Waals surface area contributed by atoms with Gasteiger partial charge in [-0.25, -0.2) is 0 Å². The van der Waals surface area contributed by atoms with Gasteiger partial charge in [0, 0.05) is 5.69 Å². The van der Waals surface area contributed by atoms with Crippen molar-refractivity contribution in [2.75, 3.05) is 12.3 Å². The Morgan fingerprint density at radius 1 is 1.29 bits per heavy atom. The van der Waals surface area contributed by atoms with Crippen LogP contribution in [0.3, 0.4) is 0 Å². The smallest absolute Gasteiger partial charge is 0.123 e. The lowest BCUT2D eigenvalue weighted by Crippen LogP contribution is -1.98. The van der Waals surface area contributed by atoms with E-state index < -0.39 is 0 Å². The lowest BCUT2D eigenvalue weighted by molar-refractivity contribution is 0.360. The van der Waals surface area contributed by atoms with Gasteiger partial charge in [-0.3, -0.25) is 0 Å². The highest BCUT2D eigenvalue weighted by molar-refractivity contribution is 5.53. The lowest BCUT2D eigenvalue weighted by Gasteiger charge is -2.09. The minimum Gasteiger partial charge on any atom is -0.489 e. The van der Waals surface area contributed by atoms with Crippen molar-refractivity contribution in [2.24, 2.45) is 0 Å². The third-order valence-electron chi connectivity index (χ3n) is 2.13. The summed E-state index contributed by atoms with van der Waals surface area (Å²) in [6.07, 6.45) is 3.95. The monoisotopic (exact) mass is 191 g/mol. The summed E-state index contributed by atoms with van der Waals surface area (Å²) in [6, 6.07) is 3.93. The van der Waals surface area contributed by atoms with Crippen LogP contribution in [0, 0.1) is 13.8 Å². The SMILES string of the molecule is C/C=C/COc1cc(C)c(N)cc1C. The number of aryl methyl sites for hydroxylation is 2. The predicted octanol–water partition coefficient (Wildman–Crippen LogP) is 2.84. The second-order valence-corrected chi connectivity index (χ2v) is 3.35. The highest BCUT2D eigenvalue weighted by Crippen LogP contribution is 2.23. The van der Waals surface area contributed by atoms with E-state index in [0.29, 0.717) is 6.61 Å². The van der Waals surface area contributed by atoms with Gasteiger partial charge in [-0.1, -0.05) is 12.2 Å². The van der Waals surface area contributed by atoms with Gasteiger partial charge in [0.05, 0.1) is 0 Å². The summed E-state index contributed by atoms with van der Waals surface area (Å²) in [5.41, 5.74) is 8.74. The van der Waals surface area contributed by atoms with Gasteiger partial charge in [0.25, 0.3) is 0 Å². The third kappa shape index (κ3) is 2.52. The number of nitrogen functional groups attached to an aromatic ring is 1. The van der Waals surface area contributed by atoms with Crippen LogP contribution in [0.15, 0.2) is 24.3 Å². The van der Waals surface area contributed by atoms with E-state index in [1.54, 1.807) is 0 Å². The van der Waals surface area contributed by atoms with E-state index in [4.69, 9.17) is 10.5 Å². The quantitative estimate of drug-likeness (QED) is 0.589. The van der Waals surface area contributed by atoms with Gasteiger partial charge in [0.1, 0.15) is 12.4 Å². The van der Waals surface area contributed by atoms with E-state index >= 15 is 0 Å². The molecule has 76 valence electrons. The second kappa shape index (κ2) is 4.70. The number of hydrogen-bond acceptors (Lipinski definition) is 2. The Bertz CT molecular complexity index is 342. The summed E-state index contributed by atoms with van der Waals surface area (Å²) in [4.78, 5) is 0. The Labute approximate surface area is 85.4 Å². The third-order valence-corrected chi connectivity index (χ3v) is 2.13. The van der Waals surface area contributed by atoms with Crippen molar-refractivity contribution in [1.82, 2.24) is 0 Å². The minimum absolute atomic E-state index is 0.612. The van der Waals surface area contributed by atoms with Crippen LogP contribution in [0.1, 0.15) is 18.1 Å². The van der Waals surface area contributed by atoms with Crippen LogP contribution in [-0.4, -0.2) is 6.61 Å². The fourth-order valence-electron chi connectivity index (χ4n) is 1.20. The van der Waals surface area contributed by atoms with Gasteiger partial charge in [-0.05, 0) is 44.0 Å². The standard InChI is InChI=1S/C12H17NO/c1-4-5-6-14-12-8-9(2)11(13)7-10(12)3/h4-5,7-8H,6,13H2,1-3H3/b5-4+. The Hall–Kier alpha value is -1.44. The molecule has 0 aliphatic heterocycles. The predicted molar refractivity (Wildman–Crippen MR) is 60.6 cm³/mol. The molecule has 1 aromatic carbocycles. The summed E-state index contributed by atoms with van der Waals surface area (Å²) in [7, 11) is 0. The van der Waals surface area contributed by atoms with E-state index in [-0.39, 0.29) is 0 Å². The number of anilines is 1. The molecule has 0 aliphatic rings. The zero-order chi connectivity index (χ0) is 10.6. The molecule has 0 atom stereocenters. The van der Waals surface area contributed by atoms with Crippen molar-refractivity contribution < 1.29 is 4.74 Å². The number of hydrogen-bond donors (Lipinski definition) is 1. The summed E-state index contributed by atoms with van der Waals surface area (Å²) >= 11 is 0. The first kappa shape index (κ1) is 10.6. The molecule has 14 heavy (non-hydrogen) atoms. The largest absolute Gasteiger partial charge is 0.489 e. The number of benzene rings is 1. The van der Waals surface area contributed by atoms with Crippen molar-refractivity contribution in [2.45, 2.75) is 20.8 Å². The van der Waals surface area contributed by atoms with Crippen molar-refractivity contribution in [3.05, 3.63) is 35.4 Å². The molecule has 2 heteroatoms. The molecule has 0 heterocycles. The maximum absolute atomic E-state index is 5.77. The molecule has 0 amide bonds. The van der Waals surface area contributed by atoms with Gasteiger partial charge in [-0.15, -0.1) is 0 Å². The van der Waals surface area contributed by atoms with Gasteiger partial charge >= 0.3 is 0 Å². The van der Waals surface area contributed by atoms with E-state index in [1.807, 2.05) is 45.1 Å². The fourth-order valence-corrected chi connectivity index (χ4v) is 1.20. The minimum atomic E-state index is 0.612. The molecule has 2 nitrogen and oxygen atoms in total. The molecule has 0 unspecified atom stereocenters. The van der Waals surface area contributed by atoms with E-state index in [9.17, 15) is 0 Å². The maximum atomic E-state index is 5.77. The van der Waals surface area contributed by atoms with Gasteiger partial charge in [0.2, 0.25) is 0 Å². The maximum Gasteiger partial charge on any atom is 0.123 e. The van der Waals surface area contributed by atoms with Gasteiger partial charge in [-0.2, -0.15) is 0 Å². The van der Waals surface area contributed by atoms with E-state index in [2.05, 4.69) is 0 Å². The molecule has 0 fully saturated rings. The number of ether oxygens (including phenoxy) is 1. The fraction of sp³-hybridized carbons (Fsp3) is 0.333. The molecule has 0 radical (unpaired) electrons. The molecule has 0 aliphatic carbocycles.